The predicted octanol–water partition coefficient (Wildman–Crippen LogP) is 3.44. The van der Waals surface area contributed by atoms with E-state index in [2.05, 4.69) is 0 Å². The first kappa shape index (κ1) is 18.8. The van der Waals surface area contributed by atoms with Gasteiger partial charge in [-0.15, -0.1) is 0 Å². The molecule has 0 unspecified atom stereocenters. The lowest BCUT2D eigenvalue weighted by atomic mass is 9.99. The van der Waals surface area contributed by atoms with Crippen molar-refractivity contribution in [2.45, 2.75) is 11.8 Å². The van der Waals surface area contributed by atoms with Crippen LogP contribution in [0.3, 0.4) is 0 Å². The Balaban J connectivity index is 2.27. The minimum Gasteiger partial charge on any atom is -0.324 e. The van der Waals surface area contributed by atoms with Crippen LogP contribution in [0.5, 0.6) is 0 Å². The van der Waals surface area contributed by atoms with Crippen LogP contribution in [-0.4, -0.2) is 25.0 Å². The SMILES string of the molecule is O=P(O)(O)C(C/C=C/c1ccccc1-c1ccccc1)P(=O)(O)O. The van der Waals surface area contributed by atoms with Crippen molar-refractivity contribution in [2.75, 3.05) is 0 Å². The Labute approximate surface area is 139 Å². The van der Waals surface area contributed by atoms with E-state index in [-0.39, 0.29) is 0 Å². The molecule has 0 heterocycles. The zero-order valence-electron chi connectivity index (χ0n) is 12.6. The van der Waals surface area contributed by atoms with Crippen LogP contribution in [0.2, 0.25) is 0 Å². The number of benzene rings is 2. The van der Waals surface area contributed by atoms with Gasteiger partial charge >= 0.3 is 15.2 Å². The Morgan fingerprint density at radius 2 is 1.38 bits per heavy atom. The van der Waals surface area contributed by atoms with Crippen molar-refractivity contribution in [1.82, 2.24) is 0 Å². The van der Waals surface area contributed by atoms with Crippen molar-refractivity contribution in [2.24, 2.45) is 0 Å². The first-order valence-corrected chi connectivity index (χ1v) is 10.5. The highest BCUT2D eigenvalue weighted by Gasteiger charge is 2.42. The summed E-state index contributed by atoms with van der Waals surface area (Å²) in [5.74, 6) is 0. The van der Waals surface area contributed by atoms with Crippen LogP contribution in [0, 0.1) is 0 Å². The summed E-state index contributed by atoms with van der Waals surface area (Å²) in [5.41, 5.74) is 2.68. The van der Waals surface area contributed by atoms with E-state index in [1.54, 1.807) is 6.08 Å². The molecule has 128 valence electrons. The number of rotatable bonds is 6. The van der Waals surface area contributed by atoms with Gasteiger partial charge in [-0.1, -0.05) is 66.7 Å². The molecule has 0 aliphatic rings. The van der Waals surface area contributed by atoms with Crippen molar-refractivity contribution in [3.8, 4) is 11.1 Å². The molecule has 0 radical (unpaired) electrons. The van der Waals surface area contributed by atoms with E-state index in [0.29, 0.717) is 0 Å². The minimum atomic E-state index is -4.90. The summed E-state index contributed by atoms with van der Waals surface area (Å²) in [4.78, 5) is 36.5. The van der Waals surface area contributed by atoms with Gasteiger partial charge in [0.25, 0.3) is 0 Å². The molecule has 8 heteroatoms. The van der Waals surface area contributed by atoms with Crippen LogP contribution in [0.25, 0.3) is 17.2 Å². The van der Waals surface area contributed by atoms with Crippen LogP contribution >= 0.6 is 15.2 Å². The van der Waals surface area contributed by atoms with Crippen molar-refractivity contribution in [3.63, 3.8) is 0 Å². The molecule has 2 aromatic rings. The van der Waals surface area contributed by atoms with E-state index < -0.39 is 27.0 Å². The second-order valence-electron chi connectivity index (χ2n) is 5.25. The molecular weight excluding hydrogens is 350 g/mol. The summed E-state index contributed by atoms with van der Waals surface area (Å²) >= 11 is 0. The molecule has 2 aromatic carbocycles. The average molecular weight is 368 g/mol. The molecule has 0 bridgehead atoms. The fraction of sp³-hybridized carbons (Fsp3) is 0.125. The van der Waals surface area contributed by atoms with E-state index in [4.69, 9.17) is 19.6 Å². The lowest BCUT2D eigenvalue weighted by Gasteiger charge is -2.17. The first-order chi connectivity index (χ1) is 11.2. The van der Waals surface area contributed by atoms with Crippen LogP contribution in [-0.2, 0) is 9.13 Å². The van der Waals surface area contributed by atoms with Gasteiger partial charge in [0.05, 0.1) is 0 Å². The van der Waals surface area contributed by atoms with Crippen molar-refractivity contribution < 1.29 is 28.7 Å². The van der Waals surface area contributed by atoms with E-state index in [0.717, 1.165) is 16.7 Å². The Bertz CT molecular complexity index is 784. The Morgan fingerprint density at radius 1 is 0.833 bits per heavy atom. The zero-order valence-corrected chi connectivity index (χ0v) is 14.4. The van der Waals surface area contributed by atoms with Crippen molar-refractivity contribution >= 4 is 21.3 Å². The second kappa shape index (κ2) is 7.58. The third kappa shape index (κ3) is 4.99. The van der Waals surface area contributed by atoms with Crippen molar-refractivity contribution in [3.05, 3.63) is 66.2 Å². The third-order valence-corrected chi connectivity index (χ3v) is 7.25. The monoisotopic (exact) mass is 368 g/mol. The summed E-state index contributed by atoms with van der Waals surface area (Å²) in [6.45, 7) is 0. The molecule has 0 saturated heterocycles. The molecule has 0 spiro atoms. The lowest BCUT2D eigenvalue weighted by Crippen LogP contribution is -2.07. The summed E-state index contributed by atoms with van der Waals surface area (Å²) in [5, 5.41) is -2.02. The van der Waals surface area contributed by atoms with Crippen LogP contribution in [0.4, 0.5) is 0 Å². The summed E-state index contributed by atoms with van der Waals surface area (Å²) in [6.07, 6.45) is 2.57. The van der Waals surface area contributed by atoms with E-state index in [9.17, 15) is 9.13 Å². The Kier molecular flexibility index (Phi) is 5.94. The molecule has 6 nitrogen and oxygen atoms in total. The highest BCUT2D eigenvalue weighted by atomic mass is 31.2. The predicted molar refractivity (Wildman–Crippen MR) is 93.4 cm³/mol. The lowest BCUT2D eigenvalue weighted by molar-refractivity contribution is 0.339. The maximum absolute atomic E-state index is 11.3. The normalized spacial score (nSPS) is 12.9. The van der Waals surface area contributed by atoms with Gasteiger partial charge in [-0.25, -0.2) is 0 Å². The Hall–Kier alpha value is -1.52. The largest absolute Gasteiger partial charge is 0.341 e. The van der Waals surface area contributed by atoms with Gasteiger partial charge in [0.2, 0.25) is 0 Å². The smallest absolute Gasteiger partial charge is 0.324 e. The van der Waals surface area contributed by atoms with E-state index in [1.165, 1.54) is 6.08 Å². The van der Waals surface area contributed by atoms with Crippen LogP contribution in [0.15, 0.2) is 60.7 Å². The maximum atomic E-state index is 11.3. The highest BCUT2D eigenvalue weighted by molar-refractivity contribution is 7.70. The standard InChI is InChI=1S/C16H18O6P2/c17-23(18,19)16(24(20,21)22)12-6-10-14-9-4-5-11-15(14)13-7-2-1-3-8-13/h1-11,16H,12H2,(H2,17,18,19)(H2,20,21,22)/b10-6+. The van der Waals surface area contributed by atoms with Gasteiger partial charge in [0, 0.05) is 0 Å². The minimum absolute atomic E-state index is 0.419. The molecule has 0 aliphatic carbocycles. The molecule has 0 fully saturated rings. The van der Waals surface area contributed by atoms with Gasteiger partial charge < -0.3 is 19.6 Å². The molecule has 0 atom stereocenters. The quantitative estimate of drug-likeness (QED) is 0.581. The van der Waals surface area contributed by atoms with Gasteiger partial charge in [-0.2, -0.15) is 0 Å². The molecule has 2 rings (SSSR count). The number of hydrogen-bond acceptors (Lipinski definition) is 2. The van der Waals surface area contributed by atoms with Crippen molar-refractivity contribution in [1.29, 1.82) is 0 Å². The molecule has 0 aromatic heterocycles. The van der Waals surface area contributed by atoms with E-state index in [1.807, 2.05) is 54.6 Å². The van der Waals surface area contributed by atoms with Gasteiger partial charge in [0.1, 0.15) is 0 Å². The molecular formula is C16H18O6P2. The number of hydrogen-bond donors (Lipinski definition) is 4. The topological polar surface area (TPSA) is 115 Å². The molecule has 24 heavy (non-hydrogen) atoms. The fourth-order valence-electron chi connectivity index (χ4n) is 2.31. The highest BCUT2D eigenvalue weighted by Crippen LogP contribution is 2.61. The second-order valence-corrected chi connectivity index (χ2v) is 9.26. The molecule has 0 amide bonds. The van der Waals surface area contributed by atoms with Crippen LogP contribution in [0.1, 0.15) is 12.0 Å². The van der Waals surface area contributed by atoms with Gasteiger partial charge in [-0.3, -0.25) is 9.13 Å². The number of allylic oxidation sites excluding steroid dienone is 1. The van der Waals surface area contributed by atoms with E-state index >= 15 is 0 Å². The Morgan fingerprint density at radius 3 is 1.96 bits per heavy atom. The third-order valence-electron chi connectivity index (χ3n) is 3.47. The summed E-state index contributed by atoms with van der Waals surface area (Å²) < 4.78 is 22.6. The molecule has 0 saturated carbocycles. The first-order valence-electron chi connectivity index (χ1n) is 7.11. The molecule has 4 N–H and O–H groups in total. The fourth-order valence-corrected chi connectivity index (χ4v) is 4.67. The summed E-state index contributed by atoms with van der Waals surface area (Å²) in [6, 6.07) is 17.0. The van der Waals surface area contributed by atoms with Gasteiger partial charge in [0.15, 0.2) is 5.40 Å². The average Bonchev–Trinajstić information content (AvgIpc) is 2.50. The maximum Gasteiger partial charge on any atom is 0.341 e. The molecule has 0 aliphatic heterocycles. The van der Waals surface area contributed by atoms with Crippen LogP contribution < -0.4 is 0 Å². The summed E-state index contributed by atoms with van der Waals surface area (Å²) in [7, 11) is -9.81. The zero-order chi connectivity index (χ0) is 17.8. The van der Waals surface area contributed by atoms with Gasteiger partial charge in [-0.05, 0) is 23.1 Å².